The normalized spacial score (nSPS) is 22.9. The molecule has 27 heavy (non-hydrogen) atoms. The molecule has 3 nitrogen and oxygen atoms in total. The topological polar surface area (TPSA) is 35.5 Å². The fraction of sp³-hybridized carbons (Fsp3) is 0.364. The van der Waals surface area contributed by atoms with Crippen molar-refractivity contribution in [2.75, 3.05) is 23.3 Å². The fourth-order valence-electron chi connectivity index (χ4n) is 4.50. The lowest BCUT2D eigenvalue weighted by molar-refractivity contribution is 0.402. The van der Waals surface area contributed by atoms with Crippen molar-refractivity contribution in [3.8, 4) is 5.75 Å². The number of nitrogens with one attached hydrogen (secondary N) is 1. The molecular formula is C22H24Cl2N2O. The Kier molecular flexibility index (Phi) is 5.00. The van der Waals surface area contributed by atoms with Gasteiger partial charge in [0.1, 0.15) is 5.75 Å². The molecule has 0 saturated carbocycles. The molecule has 2 aromatic carbocycles. The number of phenolic OH excluding ortho intramolecular Hbond substituents is 1. The molecule has 2 N–H and O–H groups in total. The first-order valence-electron chi connectivity index (χ1n) is 9.53. The minimum Gasteiger partial charge on any atom is -0.506 e. The van der Waals surface area contributed by atoms with Gasteiger partial charge in [-0.1, -0.05) is 35.4 Å². The first kappa shape index (κ1) is 18.5. The van der Waals surface area contributed by atoms with Crippen molar-refractivity contribution in [2.24, 2.45) is 5.92 Å². The van der Waals surface area contributed by atoms with Gasteiger partial charge in [-0.3, -0.25) is 0 Å². The Morgan fingerprint density at radius 3 is 2.63 bits per heavy atom. The fourth-order valence-corrected chi connectivity index (χ4v) is 5.01. The summed E-state index contributed by atoms with van der Waals surface area (Å²) in [5.41, 5.74) is 4.46. The molecule has 0 bridgehead atoms. The number of nitrogens with zero attached hydrogens (tertiary/aromatic N) is 1. The van der Waals surface area contributed by atoms with Crippen LogP contribution in [0.2, 0.25) is 10.0 Å². The number of rotatable bonds is 4. The number of halogens is 2. The molecule has 3 atom stereocenters. The van der Waals surface area contributed by atoms with Crippen LogP contribution in [-0.4, -0.2) is 18.2 Å². The van der Waals surface area contributed by atoms with Crippen molar-refractivity contribution in [3.05, 3.63) is 63.7 Å². The molecule has 0 radical (unpaired) electrons. The summed E-state index contributed by atoms with van der Waals surface area (Å²) in [6, 6.07) is 10.0. The maximum Gasteiger partial charge on any atom is 0.139 e. The predicted octanol–water partition coefficient (Wildman–Crippen LogP) is 6.37. The van der Waals surface area contributed by atoms with E-state index in [1.54, 1.807) is 6.07 Å². The third kappa shape index (κ3) is 3.17. The van der Waals surface area contributed by atoms with Gasteiger partial charge >= 0.3 is 0 Å². The summed E-state index contributed by atoms with van der Waals surface area (Å²) in [7, 11) is 0. The van der Waals surface area contributed by atoms with E-state index in [0.717, 1.165) is 30.8 Å². The highest BCUT2D eigenvalue weighted by Crippen LogP contribution is 2.52. The van der Waals surface area contributed by atoms with E-state index in [1.165, 1.54) is 11.3 Å². The molecule has 0 amide bonds. The van der Waals surface area contributed by atoms with Crippen LogP contribution in [-0.2, 0) is 0 Å². The summed E-state index contributed by atoms with van der Waals surface area (Å²) in [4.78, 5) is 2.36. The molecule has 5 heteroatoms. The van der Waals surface area contributed by atoms with Gasteiger partial charge in [-0.2, -0.15) is 0 Å². The molecule has 142 valence electrons. The van der Waals surface area contributed by atoms with Gasteiger partial charge in [0.05, 0.1) is 11.1 Å². The maximum absolute atomic E-state index is 10.6. The largest absolute Gasteiger partial charge is 0.506 e. The Balaban J connectivity index is 1.77. The summed E-state index contributed by atoms with van der Waals surface area (Å²) >= 11 is 12.4. The van der Waals surface area contributed by atoms with Crippen LogP contribution >= 0.6 is 23.2 Å². The van der Waals surface area contributed by atoms with Gasteiger partial charge < -0.3 is 15.3 Å². The summed E-state index contributed by atoms with van der Waals surface area (Å²) in [5, 5.41) is 15.0. The average molecular weight is 403 g/mol. The lowest BCUT2D eigenvalue weighted by atomic mass is 9.76. The smallest absolute Gasteiger partial charge is 0.139 e. The highest BCUT2D eigenvalue weighted by Gasteiger charge is 2.39. The van der Waals surface area contributed by atoms with Crippen LogP contribution < -0.4 is 10.2 Å². The average Bonchev–Trinajstić information content (AvgIpc) is 3.15. The van der Waals surface area contributed by atoms with Crippen LogP contribution in [0.5, 0.6) is 5.75 Å². The second kappa shape index (κ2) is 7.29. The molecule has 0 aromatic heterocycles. The van der Waals surface area contributed by atoms with E-state index < -0.39 is 0 Å². The first-order valence-corrected chi connectivity index (χ1v) is 10.3. The number of fused-ring (bicyclic) bond motifs is 3. The van der Waals surface area contributed by atoms with Gasteiger partial charge in [-0.05, 0) is 62.1 Å². The van der Waals surface area contributed by atoms with Crippen LogP contribution in [0.3, 0.4) is 0 Å². The SMILES string of the molecule is CCN(CC)c1ccc2c(c1)C1C=CCC1C(c1cc(Cl)cc(Cl)c1O)N2. The van der Waals surface area contributed by atoms with Crippen LogP contribution in [0.1, 0.15) is 43.4 Å². The van der Waals surface area contributed by atoms with Crippen molar-refractivity contribution in [1.29, 1.82) is 0 Å². The Bertz CT molecular complexity index is 892. The van der Waals surface area contributed by atoms with Crippen molar-refractivity contribution >= 4 is 34.6 Å². The Labute approximate surface area is 170 Å². The second-order valence-corrected chi connectivity index (χ2v) is 8.09. The highest BCUT2D eigenvalue weighted by atomic mass is 35.5. The quantitative estimate of drug-likeness (QED) is 0.582. The summed E-state index contributed by atoms with van der Waals surface area (Å²) in [6.45, 7) is 6.34. The van der Waals surface area contributed by atoms with Gasteiger partial charge in [-0.25, -0.2) is 0 Å². The monoisotopic (exact) mass is 402 g/mol. The van der Waals surface area contributed by atoms with Crippen LogP contribution in [0, 0.1) is 5.92 Å². The number of benzene rings is 2. The Hall–Kier alpha value is -1.84. The number of hydrogen-bond acceptors (Lipinski definition) is 3. The lowest BCUT2D eigenvalue weighted by Crippen LogP contribution is -2.30. The molecule has 0 fully saturated rings. The van der Waals surface area contributed by atoms with E-state index in [0.29, 0.717) is 21.9 Å². The van der Waals surface area contributed by atoms with Crippen LogP contribution in [0.25, 0.3) is 0 Å². The molecule has 3 unspecified atom stereocenters. The van der Waals surface area contributed by atoms with E-state index in [-0.39, 0.29) is 11.8 Å². The summed E-state index contributed by atoms with van der Waals surface area (Å²) < 4.78 is 0. The molecule has 1 aliphatic carbocycles. The van der Waals surface area contributed by atoms with Gasteiger partial charge in [0, 0.05) is 41.0 Å². The summed E-state index contributed by atoms with van der Waals surface area (Å²) in [6.07, 6.45) is 5.50. The van der Waals surface area contributed by atoms with Gasteiger partial charge in [0.25, 0.3) is 0 Å². The number of aromatic hydroxyl groups is 1. The Morgan fingerprint density at radius 1 is 1.11 bits per heavy atom. The van der Waals surface area contributed by atoms with Gasteiger partial charge in [0.2, 0.25) is 0 Å². The molecule has 1 heterocycles. The molecule has 4 rings (SSSR count). The van der Waals surface area contributed by atoms with Gasteiger partial charge in [0.15, 0.2) is 0 Å². The van der Waals surface area contributed by atoms with E-state index in [2.05, 4.69) is 54.4 Å². The Morgan fingerprint density at radius 2 is 1.89 bits per heavy atom. The van der Waals surface area contributed by atoms with Crippen LogP contribution in [0.4, 0.5) is 11.4 Å². The van der Waals surface area contributed by atoms with E-state index in [1.807, 2.05) is 6.07 Å². The maximum atomic E-state index is 10.6. The number of hydrogen-bond donors (Lipinski definition) is 2. The number of phenols is 1. The minimum absolute atomic E-state index is 0.0343. The van der Waals surface area contributed by atoms with E-state index >= 15 is 0 Å². The zero-order valence-corrected chi connectivity index (χ0v) is 17.1. The predicted molar refractivity (Wildman–Crippen MR) is 114 cm³/mol. The van der Waals surface area contributed by atoms with E-state index in [9.17, 15) is 5.11 Å². The van der Waals surface area contributed by atoms with Crippen molar-refractivity contribution < 1.29 is 5.11 Å². The molecule has 1 aliphatic heterocycles. The van der Waals surface area contributed by atoms with Crippen molar-refractivity contribution in [1.82, 2.24) is 0 Å². The van der Waals surface area contributed by atoms with Gasteiger partial charge in [-0.15, -0.1) is 0 Å². The molecular weight excluding hydrogens is 379 g/mol. The zero-order chi connectivity index (χ0) is 19.1. The summed E-state index contributed by atoms with van der Waals surface area (Å²) in [5.74, 6) is 0.760. The molecule has 0 saturated heterocycles. The second-order valence-electron chi connectivity index (χ2n) is 7.24. The van der Waals surface area contributed by atoms with Crippen molar-refractivity contribution in [2.45, 2.75) is 32.2 Å². The van der Waals surface area contributed by atoms with Crippen LogP contribution in [0.15, 0.2) is 42.5 Å². The zero-order valence-electron chi connectivity index (χ0n) is 15.5. The lowest BCUT2D eigenvalue weighted by Gasteiger charge is -2.38. The molecule has 2 aliphatic rings. The third-order valence-electron chi connectivity index (χ3n) is 5.87. The molecule has 0 spiro atoms. The number of allylic oxidation sites excluding steroid dienone is 2. The molecule has 2 aromatic rings. The van der Waals surface area contributed by atoms with Crippen molar-refractivity contribution in [3.63, 3.8) is 0 Å². The standard InChI is InChI=1S/C22H24Cl2N2O/c1-3-26(4-2)14-8-9-20-17(12-14)15-6-5-7-16(15)21(25-20)18-10-13(23)11-19(24)22(18)27/h5-6,8-12,15-16,21,25,27H,3-4,7H2,1-2H3. The first-order chi connectivity index (χ1) is 13.0. The minimum atomic E-state index is -0.0343. The van der Waals surface area contributed by atoms with E-state index in [4.69, 9.17) is 23.2 Å². The number of anilines is 2. The highest BCUT2D eigenvalue weighted by molar-refractivity contribution is 6.35. The third-order valence-corrected chi connectivity index (χ3v) is 6.37.